The van der Waals surface area contributed by atoms with E-state index in [1.54, 1.807) is 19.1 Å². The van der Waals surface area contributed by atoms with Crippen LogP contribution in [-0.4, -0.2) is 24.2 Å². The lowest BCUT2D eigenvalue weighted by Gasteiger charge is -2.09. The summed E-state index contributed by atoms with van der Waals surface area (Å²) in [7, 11) is 0. The number of nitrogens with zero attached hydrogens (tertiary/aromatic N) is 1. The van der Waals surface area contributed by atoms with Gasteiger partial charge in [0, 0.05) is 12.2 Å². The third-order valence-electron chi connectivity index (χ3n) is 1.92. The van der Waals surface area contributed by atoms with E-state index in [-0.39, 0.29) is 13.2 Å². The maximum atomic E-state index is 11.1. The third-order valence-corrected chi connectivity index (χ3v) is 1.92. The molecule has 5 nitrogen and oxygen atoms in total. The van der Waals surface area contributed by atoms with E-state index in [0.717, 1.165) is 5.69 Å². The number of hydrogen-bond donors (Lipinski definition) is 1. The summed E-state index contributed by atoms with van der Waals surface area (Å²) in [5, 5.41) is 0. The molecule has 0 aliphatic carbocycles. The maximum Gasteiger partial charge on any atom is 0.344 e. The smallest absolute Gasteiger partial charge is 0.344 e. The molecule has 0 fully saturated rings. The monoisotopic (exact) mass is 224 g/mol. The fraction of sp³-hybridized carbons (Fsp3) is 0.455. The molecule has 16 heavy (non-hydrogen) atoms. The Kier molecular flexibility index (Phi) is 4.72. The molecule has 5 heteroatoms. The Morgan fingerprint density at radius 2 is 2.25 bits per heavy atom. The first-order chi connectivity index (χ1) is 7.67. The highest BCUT2D eigenvalue weighted by Crippen LogP contribution is 2.16. The minimum Gasteiger partial charge on any atom is -0.480 e. The number of nitrogens with two attached hydrogens (primary N) is 1. The molecule has 0 aliphatic heterocycles. The zero-order valence-corrected chi connectivity index (χ0v) is 9.53. The normalized spacial score (nSPS) is 9.94. The molecular weight excluding hydrogens is 208 g/mol. The second-order valence-electron chi connectivity index (χ2n) is 3.20. The van der Waals surface area contributed by atoms with Crippen LogP contribution in [0.25, 0.3) is 0 Å². The molecule has 88 valence electrons. The van der Waals surface area contributed by atoms with Gasteiger partial charge < -0.3 is 15.2 Å². The second kappa shape index (κ2) is 6.07. The number of hydrogen-bond acceptors (Lipinski definition) is 5. The van der Waals surface area contributed by atoms with Crippen molar-refractivity contribution in [1.82, 2.24) is 4.98 Å². The van der Waals surface area contributed by atoms with Gasteiger partial charge in [-0.05, 0) is 26.0 Å². The van der Waals surface area contributed by atoms with Crippen molar-refractivity contribution in [2.75, 3.05) is 13.2 Å². The fourth-order valence-electron chi connectivity index (χ4n) is 1.21. The van der Waals surface area contributed by atoms with Crippen LogP contribution in [0.2, 0.25) is 0 Å². The van der Waals surface area contributed by atoms with Crippen LogP contribution in [0.3, 0.4) is 0 Å². The first kappa shape index (κ1) is 12.4. The summed E-state index contributed by atoms with van der Waals surface area (Å²) in [6.45, 7) is 4.12. The Labute approximate surface area is 94.6 Å². The molecule has 1 aromatic rings. The van der Waals surface area contributed by atoms with Crippen LogP contribution in [0.4, 0.5) is 0 Å². The van der Waals surface area contributed by atoms with E-state index in [0.29, 0.717) is 18.1 Å². The van der Waals surface area contributed by atoms with Crippen LogP contribution in [0.5, 0.6) is 5.75 Å². The molecule has 1 heterocycles. The number of rotatable bonds is 5. The number of carbonyl (C=O) groups is 1. The standard InChI is InChI=1S/C11H16N2O3/c1-3-15-11(14)7-16-10-5-4-8(2)13-9(10)6-12/h4-5H,3,6-7,12H2,1-2H3. The van der Waals surface area contributed by atoms with Gasteiger partial charge in [-0.3, -0.25) is 4.98 Å². The Morgan fingerprint density at radius 1 is 1.50 bits per heavy atom. The minimum absolute atomic E-state index is 0.119. The Bertz CT molecular complexity index is 366. The van der Waals surface area contributed by atoms with E-state index in [9.17, 15) is 4.79 Å². The third kappa shape index (κ3) is 3.51. The van der Waals surface area contributed by atoms with Crippen molar-refractivity contribution in [2.45, 2.75) is 20.4 Å². The first-order valence-electron chi connectivity index (χ1n) is 5.12. The van der Waals surface area contributed by atoms with Crippen molar-refractivity contribution >= 4 is 5.97 Å². The summed E-state index contributed by atoms with van der Waals surface area (Å²) in [5.74, 6) is 0.132. The van der Waals surface area contributed by atoms with Crippen molar-refractivity contribution in [2.24, 2.45) is 5.73 Å². The number of pyridine rings is 1. The topological polar surface area (TPSA) is 74.4 Å². The molecule has 0 aromatic carbocycles. The van der Waals surface area contributed by atoms with Gasteiger partial charge >= 0.3 is 5.97 Å². The van der Waals surface area contributed by atoms with Gasteiger partial charge in [-0.1, -0.05) is 0 Å². The summed E-state index contributed by atoms with van der Waals surface area (Å²) in [6.07, 6.45) is 0. The summed E-state index contributed by atoms with van der Waals surface area (Å²) in [6, 6.07) is 3.56. The van der Waals surface area contributed by atoms with Gasteiger partial charge in [0.1, 0.15) is 5.75 Å². The predicted octanol–water partition coefficient (Wildman–Crippen LogP) is 0.791. The van der Waals surface area contributed by atoms with Gasteiger partial charge in [-0.25, -0.2) is 4.79 Å². The summed E-state index contributed by atoms with van der Waals surface area (Å²) in [5.41, 5.74) is 7.03. The zero-order valence-electron chi connectivity index (χ0n) is 9.53. The van der Waals surface area contributed by atoms with E-state index < -0.39 is 5.97 Å². The fourth-order valence-corrected chi connectivity index (χ4v) is 1.21. The molecule has 0 aliphatic rings. The molecule has 0 bridgehead atoms. The first-order valence-corrected chi connectivity index (χ1v) is 5.12. The van der Waals surface area contributed by atoms with Crippen LogP contribution < -0.4 is 10.5 Å². The van der Waals surface area contributed by atoms with Crippen LogP contribution >= 0.6 is 0 Å². The average Bonchev–Trinajstić information content (AvgIpc) is 2.27. The van der Waals surface area contributed by atoms with Crippen molar-refractivity contribution in [3.63, 3.8) is 0 Å². The summed E-state index contributed by atoms with van der Waals surface area (Å²) < 4.78 is 10.0. The van der Waals surface area contributed by atoms with Crippen molar-refractivity contribution in [1.29, 1.82) is 0 Å². The number of esters is 1. The highest BCUT2D eigenvalue weighted by Gasteiger charge is 2.07. The van der Waals surface area contributed by atoms with Gasteiger partial charge in [-0.2, -0.15) is 0 Å². The average molecular weight is 224 g/mol. The largest absolute Gasteiger partial charge is 0.480 e. The summed E-state index contributed by atoms with van der Waals surface area (Å²) in [4.78, 5) is 15.3. The highest BCUT2D eigenvalue weighted by atomic mass is 16.6. The summed E-state index contributed by atoms with van der Waals surface area (Å²) >= 11 is 0. The number of aryl methyl sites for hydroxylation is 1. The minimum atomic E-state index is -0.397. The van der Waals surface area contributed by atoms with Crippen molar-refractivity contribution in [3.8, 4) is 5.75 Å². The van der Waals surface area contributed by atoms with Gasteiger partial charge in [0.05, 0.1) is 12.3 Å². The highest BCUT2D eigenvalue weighted by molar-refractivity contribution is 5.71. The van der Waals surface area contributed by atoms with E-state index in [1.807, 2.05) is 6.92 Å². The SMILES string of the molecule is CCOC(=O)COc1ccc(C)nc1CN. The molecule has 0 radical (unpaired) electrons. The molecule has 2 N–H and O–H groups in total. The molecule has 1 rings (SSSR count). The van der Waals surface area contributed by atoms with Gasteiger partial charge in [-0.15, -0.1) is 0 Å². The van der Waals surface area contributed by atoms with Crippen LogP contribution in [-0.2, 0) is 16.1 Å². The quantitative estimate of drug-likeness (QED) is 0.748. The molecule has 0 saturated carbocycles. The number of ether oxygens (including phenoxy) is 2. The number of carbonyl (C=O) groups excluding carboxylic acids is 1. The lowest BCUT2D eigenvalue weighted by atomic mass is 10.3. The Hall–Kier alpha value is -1.62. The van der Waals surface area contributed by atoms with E-state index >= 15 is 0 Å². The van der Waals surface area contributed by atoms with E-state index in [4.69, 9.17) is 15.2 Å². The van der Waals surface area contributed by atoms with Gasteiger partial charge in [0.25, 0.3) is 0 Å². The molecule has 1 aromatic heterocycles. The van der Waals surface area contributed by atoms with E-state index in [2.05, 4.69) is 4.98 Å². The molecule has 0 saturated heterocycles. The predicted molar refractivity (Wildman–Crippen MR) is 59.0 cm³/mol. The lowest BCUT2D eigenvalue weighted by Crippen LogP contribution is -2.16. The van der Waals surface area contributed by atoms with Crippen LogP contribution in [0.1, 0.15) is 18.3 Å². The van der Waals surface area contributed by atoms with E-state index in [1.165, 1.54) is 0 Å². The number of aromatic nitrogens is 1. The zero-order chi connectivity index (χ0) is 12.0. The van der Waals surface area contributed by atoms with Crippen LogP contribution in [0.15, 0.2) is 12.1 Å². The lowest BCUT2D eigenvalue weighted by molar-refractivity contribution is -0.145. The van der Waals surface area contributed by atoms with Crippen molar-refractivity contribution in [3.05, 3.63) is 23.5 Å². The van der Waals surface area contributed by atoms with Crippen LogP contribution in [0, 0.1) is 6.92 Å². The Morgan fingerprint density at radius 3 is 2.88 bits per heavy atom. The Balaban J connectivity index is 2.63. The second-order valence-corrected chi connectivity index (χ2v) is 3.20. The van der Waals surface area contributed by atoms with Gasteiger partial charge in [0.15, 0.2) is 6.61 Å². The molecule has 0 spiro atoms. The molecule has 0 unspecified atom stereocenters. The molecular formula is C11H16N2O3. The van der Waals surface area contributed by atoms with Gasteiger partial charge in [0.2, 0.25) is 0 Å². The van der Waals surface area contributed by atoms with Crippen molar-refractivity contribution < 1.29 is 14.3 Å². The molecule has 0 atom stereocenters. The molecule has 0 amide bonds. The maximum absolute atomic E-state index is 11.1.